The minimum absolute atomic E-state index is 0.195. The lowest BCUT2D eigenvalue weighted by molar-refractivity contribution is -0.142. The van der Waals surface area contributed by atoms with Gasteiger partial charge in [0.25, 0.3) is 6.43 Å². The lowest BCUT2D eigenvalue weighted by Gasteiger charge is -2.09. The standard InChI is InChI=1S/C7H3F5IN/c8-6(9)4-2-1-3(13)5(14-4)7(10,11)12/h1-2,6H. The van der Waals surface area contributed by atoms with Crippen LogP contribution in [0.25, 0.3) is 0 Å². The molecule has 0 N–H and O–H groups in total. The van der Waals surface area contributed by atoms with E-state index in [0.29, 0.717) is 0 Å². The predicted octanol–water partition coefficient (Wildman–Crippen LogP) is 3.64. The van der Waals surface area contributed by atoms with Crippen LogP contribution in [0.1, 0.15) is 17.8 Å². The van der Waals surface area contributed by atoms with Gasteiger partial charge in [-0.3, -0.25) is 0 Å². The Bertz CT molecular complexity index is 335. The van der Waals surface area contributed by atoms with Crippen LogP contribution >= 0.6 is 22.6 Å². The van der Waals surface area contributed by atoms with Crippen LogP contribution < -0.4 is 0 Å². The molecular formula is C7H3F5IN. The van der Waals surface area contributed by atoms with Gasteiger partial charge in [0.2, 0.25) is 0 Å². The third kappa shape index (κ3) is 2.52. The molecule has 0 atom stereocenters. The minimum atomic E-state index is -4.69. The van der Waals surface area contributed by atoms with Crippen molar-refractivity contribution in [3.63, 3.8) is 0 Å². The normalized spacial score (nSPS) is 12.2. The first-order chi connectivity index (χ1) is 6.32. The Morgan fingerprint density at radius 2 is 1.79 bits per heavy atom. The van der Waals surface area contributed by atoms with E-state index >= 15 is 0 Å². The summed E-state index contributed by atoms with van der Waals surface area (Å²) in [6.07, 6.45) is -7.69. The molecule has 0 spiro atoms. The summed E-state index contributed by atoms with van der Waals surface area (Å²) in [4.78, 5) is 2.86. The number of rotatable bonds is 1. The Balaban J connectivity index is 3.22. The zero-order chi connectivity index (χ0) is 10.9. The van der Waals surface area contributed by atoms with E-state index in [0.717, 1.165) is 12.1 Å². The van der Waals surface area contributed by atoms with Crippen molar-refractivity contribution < 1.29 is 22.0 Å². The lowest BCUT2D eigenvalue weighted by atomic mass is 10.3. The average Bonchev–Trinajstić information content (AvgIpc) is 2.02. The number of aromatic nitrogens is 1. The summed E-state index contributed by atoms with van der Waals surface area (Å²) in [5.41, 5.74) is -2.13. The third-order valence-corrected chi connectivity index (χ3v) is 2.23. The van der Waals surface area contributed by atoms with Crippen LogP contribution in [-0.4, -0.2) is 4.98 Å². The zero-order valence-corrected chi connectivity index (χ0v) is 8.60. The van der Waals surface area contributed by atoms with E-state index in [9.17, 15) is 22.0 Å². The van der Waals surface area contributed by atoms with Crippen molar-refractivity contribution in [2.24, 2.45) is 0 Å². The van der Waals surface area contributed by atoms with Gasteiger partial charge in [-0.05, 0) is 34.7 Å². The van der Waals surface area contributed by atoms with E-state index in [-0.39, 0.29) is 3.57 Å². The van der Waals surface area contributed by atoms with Gasteiger partial charge in [0, 0.05) is 3.57 Å². The number of nitrogens with zero attached hydrogens (tertiary/aromatic N) is 1. The maximum atomic E-state index is 12.2. The Labute approximate surface area is 89.5 Å². The van der Waals surface area contributed by atoms with Gasteiger partial charge in [-0.15, -0.1) is 0 Å². The first-order valence-corrected chi connectivity index (χ1v) is 4.42. The van der Waals surface area contributed by atoms with E-state index in [1.54, 1.807) is 0 Å². The number of hydrogen-bond donors (Lipinski definition) is 0. The molecule has 0 unspecified atom stereocenters. The second kappa shape index (κ2) is 3.95. The van der Waals surface area contributed by atoms with Crippen molar-refractivity contribution in [1.29, 1.82) is 0 Å². The van der Waals surface area contributed by atoms with Gasteiger partial charge in [0.1, 0.15) is 5.69 Å². The van der Waals surface area contributed by atoms with Gasteiger partial charge in [-0.25, -0.2) is 13.8 Å². The van der Waals surface area contributed by atoms with Gasteiger partial charge < -0.3 is 0 Å². The lowest BCUT2D eigenvalue weighted by Crippen LogP contribution is -2.12. The van der Waals surface area contributed by atoms with Crippen LogP contribution in [0.4, 0.5) is 22.0 Å². The smallest absolute Gasteiger partial charge is 0.241 e. The van der Waals surface area contributed by atoms with Crippen LogP contribution in [0.3, 0.4) is 0 Å². The van der Waals surface area contributed by atoms with Crippen LogP contribution in [0.15, 0.2) is 12.1 Å². The summed E-state index contributed by atoms with van der Waals surface area (Å²) >= 11 is 1.40. The van der Waals surface area contributed by atoms with Crippen molar-refractivity contribution >= 4 is 22.6 Å². The molecule has 0 fully saturated rings. The van der Waals surface area contributed by atoms with Gasteiger partial charge >= 0.3 is 6.18 Å². The van der Waals surface area contributed by atoms with E-state index < -0.39 is 24.0 Å². The Hall–Kier alpha value is -0.470. The molecule has 1 aromatic heterocycles. The second-order valence-corrected chi connectivity index (χ2v) is 3.53. The first kappa shape index (κ1) is 11.6. The van der Waals surface area contributed by atoms with Crippen LogP contribution in [0, 0.1) is 3.57 Å². The van der Waals surface area contributed by atoms with E-state index in [4.69, 9.17) is 0 Å². The van der Waals surface area contributed by atoms with Gasteiger partial charge in [0.05, 0.1) is 0 Å². The molecule has 0 aliphatic carbocycles. The summed E-state index contributed by atoms with van der Waals surface area (Å²) in [5, 5.41) is 0. The highest BCUT2D eigenvalue weighted by Gasteiger charge is 2.35. The van der Waals surface area contributed by atoms with E-state index in [1.165, 1.54) is 22.6 Å². The summed E-state index contributed by atoms with van der Waals surface area (Å²) in [6, 6.07) is 1.85. The molecule has 7 heteroatoms. The molecule has 1 nitrogen and oxygen atoms in total. The van der Waals surface area contributed by atoms with Crippen LogP contribution in [0.2, 0.25) is 0 Å². The molecule has 1 aromatic rings. The van der Waals surface area contributed by atoms with Gasteiger partial charge in [-0.1, -0.05) is 0 Å². The van der Waals surface area contributed by atoms with Crippen molar-refractivity contribution in [3.8, 4) is 0 Å². The summed E-state index contributed by atoms with van der Waals surface area (Å²) < 4.78 is 60.4. The molecule has 14 heavy (non-hydrogen) atoms. The SMILES string of the molecule is FC(F)c1ccc(I)c(C(F)(F)F)n1. The van der Waals surface area contributed by atoms with Crippen molar-refractivity contribution in [2.45, 2.75) is 12.6 Å². The molecule has 0 aliphatic rings. The number of hydrogen-bond acceptors (Lipinski definition) is 1. The number of halogens is 6. The summed E-state index contributed by atoms with van der Waals surface area (Å²) in [6.45, 7) is 0. The highest BCUT2D eigenvalue weighted by atomic mass is 127. The first-order valence-electron chi connectivity index (χ1n) is 3.34. The predicted molar refractivity (Wildman–Crippen MR) is 46.9 cm³/mol. The van der Waals surface area contributed by atoms with E-state index in [2.05, 4.69) is 4.98 Å². The number of alkyl halides is 5. The molecule has 0 bridgehead atoms. The van der Waals surface area contributed by atoms with Gasteiger partial charge in [-0.2, -0.15) is 13.2 Å². The highest BCUT2D eigenvalue weighted by molar-refractivity contribution is 14.1. The van der Waals surface area contributed by atoms with Crippen molar-refractivity contribution in [1.82, 2.24) is 4.98 Å². The van der Waals surface area contributed by atoms with Crippen molar-refractivity contribution in [2.75, 3.05) is 0 Å². The molecule has 0 aliphatic heterocycles. The molecule has 78 valence electrons. The fourth-order valence-electron chi connectivity index (χ4n) is 0.778. The maximum absolute atomic E-state index is 12.2. The van der Waals surface area contributed by atoms with Crippen LogP contribution in [-0.2, 0) is 6.18 Å². The largest absolute Gasteiger partial charge is 0.434 e. The second-order valence-electron chi connectivity index (χ2n) is 2.37. The van der Waals surface area contributed by atoms with Crippen molar-refractivity contribution in [3.05, 3.63) is 27.1 Å². The Morgan fingerprint density at radius 1 is 1.21 bits per heavy atom. The third-order valence-electron chi connectivity index (χ3n) is 1.36. The Morgan fingerprint density at radius 3 is 2.21 bits per heavy atom. The zero-order valence-electron chi connectivity index (χ0n) is 6.45. The fraction of sp³-hybridized carbons (Fsp3) is 0.286. The minimum Gasteiger partial charge on any atom is -0.241 e. The highest BCUT2D eigenvalue weighted by Crippen LogP contribution is 2.32. The Kier molecular flexibility index (Phi) is 3.28. The maximum Gasteiger partial charge on any atom is 0.434 e. The monoisotopic (exact) mass is 323 g/mol. The summed E-state index contributed by atoms with van der Waals surface area (Å²) in [5.74, 6) is 0. The molecule has 0 saturated heterocycles. The average molecular weight is 323 g/mol. The van der Waals surface area contributed by atoms with Crippen LogP contribution in [0.5, 0.6) is 0 Å². The molecule has 0 amide bonds. The van der Waals surface area contributed by atoms with Gasteiger partial charge in [0.15, 0.2) is 5.69 Å². The molecule has 0 aromatic carbocycles. The molecule has 0 radical (unpaired) electrons. The quantitative estimate of drug-likeness (QED) is 0.568. The molecular weight excluding hydrogens is 320 g/mol. The molecule has 1 heterocycles. The molecule has 0 saturated carbocycles. The topological polar surface area (TPSA) is 12.9 Å². The number of pyridine rings is 1. The van der Waals surface area contributed by atoms with E-state index in [1.807, 2.05) is 0 Å². The molecule has 1 rings (SSSR count). The summed E-state index contributed by atoms with van der Waals surface area (Å²) in [7, 11) is 0. The fourth-order valence-corrected chi connectivity index (χ4v) is 1.38.